The van der Waals surface area contributed by atoms with Crippen LogP contribution in [0, 0.1) is 0 Å². The van der Waals surface area contributed by atoms with Crippen LogP contribution in [0.15, 0.2) is 18.2 Å². The second kappa shape index (κ2) is 5.94. The first-order valence-corrected chi connectivity index (χ1v) is 5.75. The van der Waals surface area contributed by atoms with Crippen LogP contribution in [0.3, 0.4) is 0 Å². The van der Waals surface area contributed by atoms with Gasteiger partial charge in [0.05, 0.1) is 6.42 Å². The highest BCUT2D eigenvalue weighted by atomic mass is 35.5. The molecule has 0 aliphatic heterocycles. The van der Waals surface area contributed by atoms with Gasteiger partial charge in [-0.25, -0.2) is 0 Å². The fourth-order valence-corrected chi connectivity index (χ4v) is 1.91. The summed E-state index contributed by atoms with van der Waals surface area (Å²) in [4.78, 5) is 0. The third kappa shape index (κ3) is 5.15. The summed E-state index contributed by atoms with van der Waals surface area (Å²) in [5.74, 6) is 0. The lowest BCUT2D eigenvalue weighted by molar-refractivity contribution is -0.139. The molecule has 0 spiro atoms. The van der Waals surface area contributed by atoms with Crippen molar-refractivity contribution in [3.8, 4) is 0 Å². The molecule has 0 saturated carbocycles. The normalized spacial score (nSPS) is 13.8. The lowest BCUT2D eigenvalue weighted by Gasteiger charge is -2.18. The molecule has 1 nitrogen and oxygen atoms in total. The van der Waals surface area contributed by atoms with Crippen molar-refractivity contribution < 1.29 is 13.2 Å². The summed E-state index contributed by atoms with van der Waals surface area (Å²) in [6.45, 7) is 0. The first kappa shape index (κ1) is 14.6. The van der Waals surface area contributed by atoms with E-state index in [1.807, 2.05) is 0 Å². The maximum absolute atomic E-state index is 12.3. The molecule has 0 bridgehead atoms. The molecule has 1 aromatic rings. The zero-order chi connectivity index (χ0) is 13.1. The van der Waals surface area contributed by atoms with Gasteiger partial charge < -0.3 is 5.32 Å². The molecule has 0 amide bonds. The lowest BCUT2D eigenvalue weighted by Crippen LogP contribution is -2.33. The molecule has 6 heteroatoms. The van der Waals surface area contributed by atoms with Gasteiger partial charge in [0.2, 0.25) is 0 Å². The van der Waals surface area contributed by atoms with Crippen LogP contribution in [0.25, 0.3) is 0 Å². The molecule has 0 aliphatic carbocycles. The van der Waals surface area contributed by atoms with Gasteiger partial charge in [0.25, 0.3) is 0 Å². The Hall–Kier alpha value is -0.450. The summed E-state index contributed by atoms with van der Waals surface area (Å²) < 4.78 is 36.8. The van der Waals surface area contributed by atoms with E-state index in [9.17, 15) is 13.2 Å². The van der Waals surface area contributed by atoms with Crippen LogP contribution < -0.4 is 5.32 Å². The molecule has 0 aromatic heterocycles. The predicted molar refractivity (Wildman–Crippen MR) is 63.7 cm³/mol. The van der Waals surface area contributed by atoms with E-state index in [0.29, 0.717) is 15.6 Å². The number of benzene rings is 1. The highest BCUT2D eigenvalue weighted by molar-refractivity contribution is 6.33. The van der Waals surface area contributed by atoms with E-state index in [4.69, 9.17) is 23.2 Å². The standard InChI is InChI=1S/C11H12Cl2F3N/c1-17-9(6-11(14,15)16)5-7-4-8(12)2-3-10(7)13/h2-4,9,17H,5-6H2,1H3. The molecule has 1 unspecified atom stereocenters. The number of likely N-dealkylation sites (N-methyl/N-ethyl adjacent to an activating group) is 1. The van der Waals surface area contributed by atoms with E-state index in [2.05, 4.69) is 5.32 Å². The minimum Gasteiger partial charge on any atom is -0.316 e. The minimum atomic E-state index is -4.20. The minimum absolute atomic E-state index is 0.190. The number of rotatable bonds is 4. The van der Waals surface area contributed by atoms with Gasteiger partial charge in [0.15, 0.2) is 0 Å². The zero-order valence-corrected chi connectivity index (χ0v) is 10.6. The Kier molecular flexibility index (Phi) is 5.10. The smallest absolute Gasteiger partial charge is 0.316 e. The highest BCUT2D eigenvalue weighted by Crippen LogP contribution is 2.26. The van der Waals surface area contributed by atoms with E-state index in [1.165, 1.54) is 7.05 Å². The van der Waals surface area contributed by atoms with Crippen LogP contribution in [-0.4, -0.2) is 19.3 Å². The van der Waals surface area contributed by atoms with Gasteiger partial charge in [0, 0.05) is 16.1 Å². The third-order valence-corrected chi connectivity index (χ3v) is 2.96. The lowest BCUT2D eigenvalue weighted by atomic mass is 10.0. The Morgan fingerprint density at radius 2 is 1.94 bits per heavy atom. The van der Waals surface area contributed by atoms with E-state index < -0.39 is 18.6 Å². The van der Waals surface area contributed by atoms with E-state index in [1.54, 1.807) is 18.2 Å². The molecule has 17 heavy (non-hydrogen) atoms. The fraction of sp³-hybridized carbons (Fsp3) is 0.455. The quantitative estimate of drug-likeness (QED) is 0.879. The zero-order valence-electron chi connectivity index (χ0n) is 9.11. The van der Waals surface area contributed by atoms with Gasteiger partial charge in [-0.2, -0.15) is 13.2 Å². The van der Waals surface area contributed by atoms with Crippen molar-refractivity contribution in [2.75, 3.05) is 7.05 Å². The van der Waals surface area contributed by atoms with Crippen LogP contribution in [0.4, 0.5) is 13.2 Å². The molecule has 0 saturated heterocycles. The first-order valence-electron chi connectivity index (χ1n) is 5.00. The number of alkyl halides is 3. The van der Waals surface area contributed by atoms with E-state index in [0.717, 1.165) is 0 Å². The van der Waals surface area contributed by atoms with Gasteiger partial charge >= 0.3 is 6.18 Å². The Bertz CT molecular complexity index is 379. The largest absolute Gasteiger partial charge is 0.390 e. The Labute approximate surface area is 108 Å². The second-order valence-corrected chi connectivity index (χ2v) is 4.59. The van der Waals surface area contributed by atoms with Crippen molar-refractivity contribution >= 4 is 23.2 Å². The molecule has 1 N–H and O–H groups in total. The number of hydrogen-bond donors (Lipinski definition) is 1. The summed E-state index contributed by atoms with van der Waals surface area (Å²) >= 11 is 11.7. The van der Waals surface area contributed by atoms with E-state index in [-0.39, 0.29) is 6.42 Å². The average Bonchev–Trinajstić information content (AvgIpc) is 2.20. The van der Waals surface area contributed by atoms with Crippen molar-refractivity contribution in [2.24, 2.45) is 0 Å². The van der Waals surface area contributed by atoms with Crippen molar-refractivity contribution in [2.45, 2.75) is 25.1 Å². The molecule has 0 aliphatic rings. The van der Waals surface area contributed by atoms with Crippen LogP contribution in [-0.2, 0) is 6.42 Å². The van der Waals surface area contributed by atoms with Crippen molar-refractivity contribution in [3.05, 3.63) is 33.8 Å². The van der Waals surface area contributed by atoms with Crippen LogP contribution in [0.2, 0.25) is 10.0 Å². The van der Waals surface area contributed by atoms with Gasteiger partial charge in [-0.3, -0.25) is 0 Å². The van der Waals surface area contributed by atoms with Crippen LogP contribution in [0.1, 0.15) is 12.0 Å². The first-order chi connectivity index (χ1) is 7.81. The number of halogens is 5. The van der Waals surface area contributed by atoms with Crippen LogP contribution in [0.5, 0.6) is 0 Å². The molecule has 1 aromatic carbocycles. The summed E-state index contributed by atoms with van der Waals surface area (Å²) in [6, 6.07) is 4.07. The topological polar surface area (TPSA) is 12.0 Å². The average molecular weight is 286 g/mol. The highest BCUT2D eigenvalue weighted by Gasteiger charge is 2.31. The van der Waals surface area contributed by atoms with E-state index >= 15 is 0 Å². The van der Waals surface area contributed by atoms with Gasteiger partial charge in [-0.05, 0) is 37.2 Å². The molecule has 1 rings (SSSR count). The summed E-state index contributed by atoms with van der Waals surface area (Å²) in [6.07, 6.45) is -4.90. The molecular formula is C11H12Cl2F3N. The van der Waals surface area contributed by atoms with Gasteiger partial charge in [-0.1, -0.05) is 23.2 Å². The van der Waals surface area contributed by atoms with Crippen molar-refractivity contribution in [3.63, 3.8) is 0 Å². The van der Waals surface area contributed by atoms with Crippen LogP contribution >= 0.6 is 23.2 Å². The summed E-state index contributed by atoms with van der Waals surface area (Å²) in [5, 5.41) is 3.52. The summed E-state index contributed by atoms with van der Waals surface area (Å²) in [7, 11) is 1.49. The maximum atomic E-state index is 12.3. The Balaban J connectivity index is 2.77. The molecule has 0 radical (unpaired) electrons. The number of nitrogens with one attached hydrogen (secondary N) is 1. The van der Waals surface area contributed by atoms with Gasteiger partial charge in [-0.15, -0.1) is 0 Å². The van der Waals surface area contributed by atoms with Gasteiger partial charge in [0.1, 0.15) is 0 Å². The second-order valence-electron chi connectivity index (χ2n) is 3.74. The molecule has 1 atom stereocenters. The third-order valence-electron chi connectivity index (χ3n) is 2.36. The molecule has 0 fully saturated rings. The summed E-state index contributed by atoms with van der Waals surface area (Å²) in [5.41, 5.74) is 0.614. The Morgan fingerprint density at radius 3 is 2.47 bits per heavy atom. The van der Waals surface area contributed by atoms with Crippen molar-refractivity contribution in [1.82, 2.24) is 5.32 Å². The predicted octanol–water partition coefficient (Wildman–Crippen LogP) is 4.08. The molecule has 0 heterocycles. The fourth-order valence-electron chi connectivity index (χ4n) is 1.52. The SMILES string of the molecule is CNC(Cc1cc(Cl)ccc1Cl)CC(F)(F)F. The number of hydrogen-bond acceptors (Lipinski definition) is 1. The maximum Gasteiger partial charge on any atom is 0.390 e. The van der Waals surface area contributed by atoms with Crippen molar-refractivity contribution in [1.29, 1.82) is 0 Å². The monoisotopic (exact) mass is 285 g/mol. The molecular weight excluding hydrogens is 274 g/mol. The Morgan fingerprint density at radius 1 is 1.29 bits per heavy atom. The molecule has 96 valence electrons.